The van der Waals surface area contributed by atoms with Crippen molar-refractivity contribution in [2.24, 2.45) is 0 Å². The van der Waals surface area contributed by atoms with Crippen molar-refractivity contribution in [2.45, 2.75) is 71.1 Å². The van der Waals surface area contributed by atoms with Crippen molar-refractivity contribution in [3.63, 3.8) is 0 Å². The van der Waals surface area contributed by atoms with Crippen LogP contribution < -0.4 is 5.32 Å². The molecule has 2 atom stereocenters. The van der Waals surface area contributed by atoms with Gasteiger partial charge in [0.05, 0.1) is 9.80 Å². The first-order valence-corrected chi connectivity index (χ1v) is 10.7. The van der Waals surface area contributed by atoms with Crippen molar-refractivity contribution in [2.75, 3.05) is 6.61 Å². The number of H-pyrrole nitrogens is 1. The molecule has 1 saturated heterocycles. The Balaban J connectivity index is 1.62. The van der Waals surface area contributed by atoms with E-state index in [1.54, 1.807) is 0 Å². The number of ether oxygens (including phenoxy) is 2. The second kappa shape index (κ2) is 8.39. The zero-order valence-corrected chi connectivity index (χ0v) is 18.7. The zero-order chi connectivity index (χ0) is 19.6. The number of aromatic amines is 1. The van der Waals surface area contributed by atoms with E-state index in [4.69, 9.17) is 9.47 Å². The van der Waals surface area contributed by atoms with Crippen LogP contribution in [0.4, 0.5) is 4.79 Å². The maximum atomic E-state index is 12.0. The number of amides is 1. The summed E-state index contributed by atoms with van der Waals surface area (Å²) in [6.07, 6.45) is 3.27. The summed E-state index contributed by atoms with van der Waals surface area (Å²) in [4.78, 5) is 15.5. The van der Waals surface area contributed by atoms with Gasteiger partial charge in [0.15, 0.2) is 0 Å². The molecule has 2 N–H and O–H groups in total. The van der Waals surface area contributed by atoms with Crippen molar-refractivity contribution in [3.05, 3.63) is 33.0 Å². The van der Waals surface area contributed by atoms with Gasteiger partial charge in [-0.2, -0.15) is 0 Å². The summed E-state index contributed by atoms with van der Waals surface area (Å²) < 4.78 is 12.5. The third-order valence-electron chi connectivity index (χ3n) is 4.82. The summed E-state index contributed by atoms with van der Waals surface area (Å²) in [6.45, 7) is 8.48. The van der Waals surface area contributed by atoms with Gasteiger partial charge in [-0.3, -0.25) is 0 Å². The average Bonchev–Trinajstić information content (AvgIpc) is 2.87. The number of aromatic nitrogens is 1. The molecular weight excluding hydrogens is 455 g/mol. The molecule has 1 aromatic carbocycles. The number of nitrogens with one attached hydrogen (secondary N) is 2. The highest BCUT2D eigenvalue weighted by atomic mass is 127. The molecular formula is C21H29IN2O3. The van der Waals surface area contributed by atoms with Gasteiger partial charge < -0.3 is 19.8 Å². The molecule has 27 heavy (non-hydrogen) atoms. The number of halogens is 1. The minimum absolute atomic E-state index is 0.0976. The lowest BCUT2D eigenvalue weighted by atomic mass is 9.97. The van der Waals surface area contributed by atoms with E-state index in [9.17, 15) is 4.79 Å². The van der Waals surface area contributed by atoms with Gasteiger partial charge in [0.2, 0.25) is 0 Å². The van der Waals surface area contributed by atoms with Crippen molar-refractivity contribution >= 4 is 39.6 Å². The molecule has 0 saturated carbocycles. The van der Waals surface area contributed by atoms with Crippen LogP contribution in [-0.4, -0.2) is 35.4 Å². The number of fused-ring (bicyclic) bond motifs is 1. The highest BCUT2D eigenvalue weighted by Gasteiger charge is 2.26. The van der Waals surface area contributed by atoms with E-state index >= 15 is 0 Å². The fourth-order valence-corrected chi connectivity index (χ4v) is 4.60. The second-order valence-electron chi connectivity index (χ2n) is 8.22. The van der Waals surface area contributed by atoms with Crippen LogP contribution in [0.1, 0.15) is 51.7 Å². The van der Waals surface area contributed by atoms with Gasteiger partial charge in [-0.15, -0.1) is 0 Å². The van der Waals surface area contributed by atoms with Crippen LogP contribution in [0.5, 0.6) is 0 Å². The number of rotatable bonds is 4. The molecule has 148 valence electrons. The number of hydrogen-bond donors (Lipinski definition) is 2. The van der Waals surface area contributed by atoms with E-state index in [-0.39, 0.29) is 18.2 Å². The van der Waals surface area contributed by atoms with E-state index in [0.29, 0.717) is 6.61 Å². The van der Waals surface area contributed by atoms with Gasteiger partial charge >= 0.3 is 6.09 Å². The average molecular weight is 484 g/mol. The molecule has 0 bridgehead atoms. The Bertz CT molecular complexity index is 810. The lowest BCUT2D eigenvalue weighted by molar-refractivity contribution is -0.00215. The van der Waals surface area contributed by atoms with E-state index in [1.807, 2.05) is 20.8 Å². The molecule has 1 amide bonds. The molecule has 0 aliphatic carbocycles. The van der Waals surface area contributed by atoms with Crippen LogP contribution >= 0.6 is 22.6 Å². The van der Waals surface area contributed by atoms with E-state index < -0.39 is 5.60 Å². The van der Waals surface area contributed by atoms with Crippen molar-refractivity contribution in [3.8, 4) is 0 Å². The summed E-state index contributed by atoms with van der Waals surface area (Å²) in [7, 11) is 0. The van der Waals surface area contributed by atoms with Gasteiger partial charge in [0.1, 0.15) is 5.60 Å². The largest absolute Gasteiger partial charge is 0.444 e. The molecule has 2 aromatic rings. The van der Waals surface area contributed by atoms with Crippen LogP contribution in [0.15, 0.2) is 18.2 Å². The Morgan fingerprint density at radius 1 is 1.41 bits per heavy atom. The Morgan fingerprint density at radius 3 is 2.89 bits per heavy atom. The normalized spacial score (nSPS) is 20.6. The molecule has 1 aliphatic rings. The van der Waals surface area contributed by atoms with Gasteiger partial charge in [-0.25, -0.2) is 4.79 Å². The number of carbonyl (C=O) groups excluding carboxylic acids is 1. The van der Waals surface area contributed by atoms with Crippen LogP contribution in [0.25, 0.3) is 10.9 Å². The predicted octanol–water partition coefficient (Wildman–Crippen LogP) is 4.95. The monoisotopic (exact) mass is 484 g/mol. The van der Waals surface area contributed by atoms with Gasteiger partial charge in [-0.05, 0) is 86.2 Å². The van der Waals surface area contributed by atoms with Crippen molar-refractivity contribution in [1.29, 1.82) is 0 Å². The minimum atomic E-state index is -0.477. The molecule has 0 radical (unpaired) electrons. The maximum absolute atomic E-state index is 12.0. The van der Waals surface area contributed by atoms with Gasteiger partial charge in [-0.1, -0.05) is 19.1 Å². The Labute approximate surface area is 174 Å². The summed E-state index contributed by atoms with van der Waals surface area (Å²) >= 11 is 2.37. The highest BCUT2D eigenvalue weighted by molar-refractivity contribution is 14.1. The van der Waals surface area contributed by atoms with Crippen molar-refractivity contribution in [1.82, 2.24) is 10.3 Å². The molecule has 1 aromatic heterocycles. The van der Waals surface area contributed by atoms with Gasteiger partial charge in [0, 0.05) is 23.6 Å². The van der Waals surface area contributed by atoms with Crippen LogP contribution in [0, 0.1) is 3.70 Å². The van der Waals surface area contributed by atoms with Crippen molar-refractivity contribution < 1.29 is 14.3 Å². The van der Waals surface area contributed by atoms with E-state index in [2.05, 4.69) is 58.0 Å². The number of benzene rings is 1. The molecule has 1 fully saturated rings. The molecule has 6 heteroatoms. The minimum Gasteiger partial charge on any atom is -0.444 e. The second-order valence-corrected chi connectivity index (χ2v) is 9.29. The van der Waals surface area contributed by atoms with Crippen LogP contribution in [0.3, 0.4) is 0 Å². The van der Waals surface area contributed by atoms with E-state index in [0.717, 1.165) is 25.7 Å². The fourth-order valence-electron chi connectivity index (χ4n) is 3.63. The fraction of sp³-hybridized carbons (Fsp3) is 0.571. The Kier molecular flexibility index (Phi) is 6.35. The third-order valence-corrected chi connectivity index (χ3v) is 5.74. The molecule has 2 unspecified atom stereocenters. The first-order valence-electron chi connectivity index (χ1n) is 9.65. The topological polar surface area (TPSA) is 63.4 Å². The first kappa shape index (κ1) is 20.5. The summed E-state index contributed by atoms with van der Waals surface area (Å²) in [5.74, 6) is 0. The van der Waals surface area contributed by atoms with E-state index in [1.165, 1.54) is 25.7 Å². The first-order chi connectivity index (χ1) is 12.7. The number of carbonyl (C=O) groups is 1. The Hall–Kier alpha value is -1.28. The SMILES string of the molecule is CCc1c(I)[nH]c2cc(CC3CC(NC(=O)OC(C)(C)C)CCO3)ccc12. The van der Waals surface area contributed by atoms with Gasteiger partial charge in [0.25, 0.3) is 0 Å². The number of hydrogen-bond acceptors (Lipinski definition) is 3. The Morgan fingerprint density at radius 2 is 2.19 bits per heavy atom. The summed E-state index contributed by atoms with van der Waals surface area (Å²) in [5, 5.41) is 4.30. The predicted molar refractivity (Wildman–Crippen MR) is 116 cm³/mol. The quantitative estimate of drug-likeness (QED) is 0.604. The summed E-state index contributed by atoms with van der Waals surface area (Å²) in [6, 6.07) is 6.73. The molecule has 0 spiro atoms. The summed E-state index contributed by atoms with van der Waals surface area (Å²) in [5.41, 5.74) is 3.35. The smallest absolute Gasteiger partial charge is 0.407 e. The van der Waals surface area contributed by atoms with Crippen LogP contribution in [0.2, 0.25) is 0 Å². The molecule has 1 aliphatic heterocycles. The number of alkyl carbamates (subject to hydrolysis) is 1. The third kappa shape index (κ3) is 5.38. The lowest BCUT2D eigenvalue weighted by Crippen LogP contribution is -2.44. The maximum Gasteiger partial charge on any atom is 0.407 e. The number of aryl methyl sites for hydroxylation is 1. The zero-order valence-electron chi connectivity index (χ0n) is 16.5. The standard InChI is InChI=1S/C21H29IN2O3/c1-5-16-17-7-6-13(11-18(17)24-19(16)22)10-15-12-14(8-9-26-15)23-20(25)27-21(2,3)4/h6-7,11,14-15,24H,5,8-10,12H2,1-4H3,(H,23,25). The molecule has 3 rings (SSSR count). The van der Waals surface area contributed by atoms with Crippen LogP contribution in [-0.2, 0) is 22.3 Å². The molecule has 5 nitrogen and oxygen atoms in total. The lowest BCUT2D eigenvalue weighted by Gasteiger charge is -2.31. The molecule has 2 heterocycles. The highest BCUT2D eigenvalue weighted by Crippen LogP contribution is 2.27.